The molecule has 3 rings (SSSR count). The highest BCUT2D eigenvalue weighted by atomic mass is 32.2. The van der Waals surface area contributed by atoms with Crippen molar-refractivity contribution in [2.75, 3.05) is 11.1 Å². The van der Waals surface area contributed by atoms with Gasteiger partial charge in [-0.05, 0) is 37.1 Å². The highest BCUT2D eigenvalue weighted by Crippen LogP contribution is 2.25. The Morgan fingerprint density at radius 2 is 2.22 bits per heavy atom. The molecule has 0 fully saturated rings. The van der Waals surface area contributed by atoms with Crippen LogP contribution in [0.25, 0.3) is 4.96 Å². The first-order valence-electron chi connectivity index (χ1n) is 6.99. The fourth-order valence-electron chi connectivity index (χ4n) is 2.15. The second-order valence-electron chi connectivity index (χ2n) is 5.11. The number of imidazole rings is 1. The van der Waals surface area contributed by atoms with Crippen molar-refractivity contribution in [3.63, 3.8) is 0 Å². The smallest absolute Gasteiger partial charge is 0.234 e. The van der Waals surface area contributed by atoms with Gasteiger partial charge in [-0.1, -0.05) is 17.8 Å². The molecule has 23 heavy (non-hydrogen) atoms. The number of benzene rings is 1. The van der Waals surface area contributed by atoms with Crippen LogP contribution in [0.3, 0.4) is 0 Å². The van der Waals surface area contributed by atoms with Crippen LogP contribution in [-0.2, 0) is 4.79 Å². The fraction of sp³-hybridized carbons (Fsp3) is 0.188. The van der Waals surface area contributed by atoms with E-state index >= 15 is 0 Å². The summed E-state index contributed by atoms with van der Waals surface area (Å²) in [5.74, 6) is 0.0879. The van der Waals surface area contributed by atoms with E-state index < -0.39 is 0 Å². The molecule has 0 aliphatic rings. The predicted molar refractivity (Wildman–Crippen MR) is 93.7 cm³/mol. The number of thioether (sulfide) groups is 1. The number of carbonyl (C=O) groups excluding carboxylic acids is 2. The van der Waals surface area contributed by atoms with Crippen molar-refractivity contribution in [2.24, 2.45) is 0 Å². The van der Waals surface area contributed by atoms with Gasteiger partial charge >= 0.3 is 0 Å². The number of hydrogen-bond donors (Lipinski definition) is 1. The molecule has 1 N–H and O–H groups in total. The van der Waals surface area contributed by atoms with Crippen LogP contribution in [0.15, 0.2) is 34.8 Å². The number of anilines is 1. The third-order valence-corrected chi connectivity index (χ3v) is 5.24. The van der Waals surface area contributed by atoms with E-state index in [9.17, 15) is 9.59 Å². The van der Waals surface area contributed by atoms with E-state index in [1.807, 2.05) is 37.4 Å². The molecule has 2 aromatic heterocycles. The predicted octanol–water partition coefficient (Wildman–Crippen LogP) is 3.56. The number of carbonyl (C=O) groups is 2. The van der Waals surface area contributed by atoms with Crippen molar-refractivity contribution in [1.29, 1.82) is 0 Å². The molecule has 118 valence electrons. The minimum absolute atomic E-state index is 0.119. The summed E-state index contributed by atoms with van der Waals surface area (Å²) in [7, 11) is 0. The number of hydrogen-bond acceptors (Lipinski definition) is 5. The summed E-state index contributed by atoms with van der Waals surface area (Å²) in [6.07, 6.45) is 2.58. The van der Waals surface area contributed by atoms with Gasteiger partial charge in [0.15, 0.2) is 11.2 Å². The van der Waals surface area contributed by atoms with Crippen LogP contribution >= 0.6 is 23.1 Å². The van der Waals surface area contributed by atoms with E-state index in [2.05, 4.69) is 10.3 Å². The van der Waals surface area contributed by atoms with E-state index in [1.165, 1.54) is 28.7 Å². The van der Waals surface area contributed by atoms with E-state index in [0.717, 1.165) is 22.5 Å². The van der Waals surface area contributed by atoms with E-state index in [4.69, 9.17) is 0 Å². The number of amides is 1. The molecule has 7 heteroatoms. The highest BCUT2D eigenvalue weighted by molar-refractivity contribution is 8.00. The monoisotopic (exact) mass is 345 g/mol. The molecule has 0 unspecified atom stereocenters. The quantitative estimate of drug-likeness (QED) is 0.567. The Bertz CT molecular complexity index is 883. The SMILES string of the molecule is Cc1ccc(NC(=O)CSc2nc3sccn3c2C=O)cc1C. The van der Waals surface area contributed by atoms with Crippen molar-refractivity contribution < 1.29 is 9.59 Å². The first kappa shape index (κ1) is 15.8. The second-order valence-corrected chi connectivity index (χ2v) is 6.95. The Balaban J connectivity index is 1.67. The number of aldehydes is 1. The van der Waals surface area contributed by atoms with E-state index in [-0.39, 0.29) is 11.7 Å². The van der Waals surface area contributed by atoms with Gasteiger partial charge in [0.1, 0.15) is 10.7 Å². The van der Waals surface area contributed by atoms with Crippen molar-refractivity contribution in [2.45, 2.75) is 18.9 Å². The number of nitrogens with zero attached hydrogens (tertiary/aromatic N) is 2. The summed E-state index contributed by atoms with van der Waals surface area (Å²) in [5.41, 5.74) is 3.59. The van der Waals surface area contributed by atoms with Crippen LogP contribution in [0, 0.1) is 13.8 Å². The molecule has 0 saturated carbocycles. The largest absolute Gasteiger partial charge is 0.325 e. The summed E-state index contributed by atoms with van der Waals surface area (Å²) < 4.78 is 1.74. The average molecular weight is 345 g/mol. The second kappa shape index (κ2) is 6.55. The van der Waals surface area contributed by atoms with Crippen molar-refractivity contribution in [3.05, 3.63) is 46.6 Å². The van der Waals surface area contributed by atoms with Gasteiger partial charge in [0.2, 0.25) is 5.91 Å². The number of aryl methyl sites for hydroxylation is 2. The number of nitrogens with one attached hydrogen (secondary N) is 1. The Labute approximate surface area is 141 Å². The summed E-state index contributed by atoms with van der Waals surface area (Å²) in [5, 5.41) is 5.32. The van der Waals surface area contributed by atoms with Gasteiger partial charge in [-0.25, -0.2) is 4.98 Å². The first-order valence-corrected chi connectivity index (χ1v) is 8.85. The molecule has 0 aliphatic carbocycles. The van der Waals surface area contributed by atoms with Gasteiger partial charge in [0.25, 0.3) is 0 Å². The molecule has 1 amide bonds. The molecule has 0 bridgehead atoms. The zero-order valence-corrected chi connectivity index (χ0v) is 14.3. The molecular formula is C16H15N3O2S2. The third-order valence-electron chi connectivity index (χ3n) is 3.51. The van der Waals surface area contributed by atoms with Crippen LogP contribution in [0.1, 0.15) is 21.6 Å². The molecule has 0 saturated heterocycles. The van der Waals surface area contributed by atoms with Gasteiger partial charge in [0.05, 0.1) is 5.75 Å². The number of thiazole rings is 1. The van der Waals surface area contributed by atoms with Crippen LogP contribution in [0.5, 0.6) is 0 Å². The lowest BCUT2D eigenvalue weighted by Gasteiger charge is -2.07. The molecule has 5 nitrogen and oxygen atoms in total. The summed E-state index contributed by atoms with van der Waals surface area (Å²) in [4.78, 5) is 28.5. The summed E-state index contributed by atoms with van der Waals surface area (Å²) >= 11 is 2.72. The minimum Gasteiger partial charge on any atom is -0.325 e. The minimum atomic E-state index is -0.119. The number of fused-ring (bicyclic) bond motifs is 1. The topological polar surface area (TPSA) is 63.5 Å². The zero-order valence-electron chi connectivity index (χ0n) is 12.7. The van der Waals surface area contributed by atoms with E-state index in [0.29, 0.717) is 10.7 Å². The lowest BCUT2D eigenvalue weighted by molar-refractivity contribution is -0.113. The first-order chi connectivity index (χ1) is 11.1. The standard InChI is InChI=1S/C16H15N3O2S2/c1-10-3-4-12(7-11(10)2)17-14(21)9-23-15-13(8-20)19-5-6-22-16(19)18-15/h3-8H,9H2,1-2H3,(H,17,21). The Kier molecular flexibility index (Phi) is 4.49. The molecule has 1 aromatic carbocycles. The van der Waals surface area contributed by atoms with E-state index in [1.54, 1.807) is 10.6 Å². The number of rotatable bonds is 5. The average Bonchev–Trinajstić information content (AvgIpc) is 3.09. The fourth-order valence-corrected chi connectivity index (χ4v) is 3.71. The lowest BCUT2D eigenvalue weighted by Crippen LogP contribution is -2.14. The lowest BCUT2D eigenvalue weighted by atomic mass is 10.1. The maximum atomic E-state index is 12.1. The Morgan fingerprint density at radius 3 is 2.96 bits per heavy atom. The molecule has 3 aromatic rings. The van der Waals surface area contributed by atoms with Gasteiger partial charge < -0.3 is 5.32 Å². The summed E-state index contributed by atoms with van der Waals surface area (Å²) in [6, 6.07) is 5.81. The van der Waals surface area contributed by atoms with Gasteiger partial charge in [-0.15, -0.1) is 11.3 Å². The zero-order chi connectivity index (χ0) is 16.4. The maximum Gasteiger partial charge on any atom is 0.234 e. The highest BCUT2D eigenvalue weighted by Gasteiger charge is 2.14. The Hall–Kier alpha value is -2.12. The summed E-state index contributed by atoms with van der Waals surface area (Å²) in [6.45, 7) is 4.04. The molecule has 0 spiro atoms. The van der Waals surface area contributed by atoms with Crippen LogP contribution in [0.4, 0.5) is 5.69 Å². The Morgan fingerprint density at radius 1 is 1.39 bits per heavy atom. The molecule has 0 radical (unpaired) electrons. The molecule has 2 heterocycles. The number of aromatic nitrogens is 2. The van der Waals surface area contributed by atoms with Gasteiger partial charge in [-0.3, -0.25) is 14.0 Å². The van der Waals surface area contributed by atoms with Crippen molar-refractivity contribution in [3.8, 4) is 0 Å². The van der Waals surface area contributed by atoms with Gasteiger partial charge in [0, 0.05) is 17.3 Å². The molecular weight excluding hydrogens is 330 g/mol. The molecule has 0 atom stereocenters. The normalized spacial score (nSPS) is 10.9. The van der Waals surface area contributed by atoms with Crippen molar-refractivity contribution in [1.82, 2.24) is 9.38 Å². The van der Waals surface area contributed by atoms with Crippen LogP contribution in [-0.4, -0.2) is 27.3 Å². The van der Waals surface area contributed by atoms with Gasteiger partial charge in [-0.2, -0.15) is 0 Å². The van der Waals surface area contributed by atoms with Crippen LogP contribution in [0.2, 0.25) is 0 Å². The maximum absolute atomic E-state index is 12.1. The molecule has 0 aliphatic heterocycles. The van der Waals surface area contributed by atoms with Crippen LogP contribution < -0.4 is 5.32 Å². The third kappa shape index (κ3) is 3.30. The van der Waals surface area contributed by atoms with Crippen molar-refractivity contribution >= 4 is 45.9 Å².